The summed E-state index contributed by atoms with van der Waals surface area (Å²) in [6.45, 7) is -0.149. The predicted molar refractivity (Wildman–Crippen MR) is 107 cm³/mol. The molecule has 2 aromatic rings. The zero-order valence-electron chi connectivity index (χ0n) is 16.1. The van der Waals surface area contributed by atoms with Crippen molar-refractivity contribution >= 4 is 28.3 Å². The molecule has 2 aliphatic rings. The number of esters is 1. The van der Waals surface area contributed by atoms with Crippen molar-refractivity contribution < 1.29 is 19.1 Å². The molecule has 28 heavy (non-hydrogen) atoms. The summed E-state index contributed by atoms with van der Waals surface area (Å²) < 4.78 is 10.2. The second-order valence-corrected chi connectivity index (χ2v) is 7.75. The van der Waals surface area contributed by atoms with Crippen molar-refractivity contribution in [1.82, 2.24) is 5.32 Å². The zero-order chi connectivity index (χ0) is 19.5. The summed E-state index contributed by atoms with van der Waals surface area (Å²) in [6, 6.07) is 12.5. The second kappa shape index (κ2) is 8.19. The number of carbonyl (C=O) groups is 2. The van der Waals surface area contributed by atoms with E-state index in [2.05, 4.69) is 15.4 Å². The summed E-state index contributed by atoms with van der Waals surface area (Å²) in [5.41, 5.74) is 0.767. The van der Waals surface area contributed by atoms with Crippen LogP contribution in [0.25, 0.3) is 10.8 Å². The lowest BCUT2D eigenvalue weighted by Gasteiger charge is -2.28. The molecule has 2 saturated heterocycles. The maximum atomic E-state index is 12.7. The molecule has 2 aromatic carbocycles. The first-order chi connectivity index (χ1) is 13.6. The highest BCUT2D eigenvalue weighted by Gasteiger charge is 2.34. The van der Waals surface area contributed by atoms with Crippen LogP contribution in [-0.4, -0.2) is 37.7 Å². The quantitative estimate of drug-likeness (QED) is 0.750. The molecule has 2 N–H and O–H groups in total. The van der Waals surface area contributed by atoms with Crippen LogP contribution < -0.4 is 15.4 Å². The first-order valence-corrected chi connectivity index (χ1v) is 9.89. The van der Waals surface area contributed by atoms with Gasteiger partial charge in [-0.1, -0.05) is 24.3 Å². The molecule has 2 unspecified atom stereocenters. The minimum absolute atomic E-state index is 0.0553. The van der Waals surface area contributed by atoms with Gasteiger partial charge in [-0.05, 0) is 43.7 Å². The molecule has 4 rings (SSSR count). The molecule has 2 atom stereocenters. The molecule has 2 fully saturated rings. The molecule has 0 aromatic heterocycles. The highest BCUT2D eigenvalue weighted by molar-refractivity contribution is 6.04. The Labute approximate surface area is 164 Å². The van der Waals surface area contributed by atoms with Crippen LogP contribution in [0.2, 0.25) is 0 Å². The van der Waals surface area contributed by atoms with Crippen molar-refractivity contribution in [3.05, 3.63) is 36.4 Å². The van der Waals surface area contributed by atoms with Gasteiger partial charge in [0, 0.05) is 35.0 Å². The third kappa shape index (κ3) is 4.12. The van der Waals surface area contributed by atoms with E-state index in [1.165, 1.54) is 20.0 Å². The number of anilines is 1. The molecule has 2 aliphatic heterocycles. The number of hydrogen-bond donors (Lipinski definition) is 2. The largest absolute Gasteiger partial charge is 0.481 e. The van der Waals surface area contributed by atoms with E-state index in [9.17, 15) is 9.59 Å². The molecule has 0 spiro atoms. The van der Waals surface area contributed by atoms with Crippen LogP contribution in [-0.2, 0) is 14.3 Å². The Hall–Kier alpha value is -2.60. The maximum Gasteiger partial charge on any atom is 0.343 e. The van der Waals surface area contributed by atoms with Gasteiger partial charge in [-0.3, -0.25) is 4.79 Å². The van der Waals surface area contributed by atoms with Crippen molar-refractivity contribution in [2.75, 3.05) is 19.0 Å². The van der Waals surface area contributed by atoms with Crippen LogP contribution in [0.15, 0.2) is 36.4 Å². The Morgan fingerprint density at radius 3 is 2.50 bits per heavy atom. The molecular formula is C22H26N2O4. The lowest BCUT2D eigenvalue weighted by molar-refractivity contribution is -0.142. The summed E-state index contributed by atoms with van der Waals surface area (Å²) in [5, 5.41) is 8.44. The van der Waals surface area contributed by atoms with Crippen LogP contribution in [0.3, 0.4) is 0 Å². The van der Waals surface area contributed by atoms with Gasteiger partial charge in [-0.25, -0.2) is 4.79 Å². The molecule has 0 radical (unpaired) electrons. The van der Waals surface area contributed by atoms with E-state index in [1.807, 2.05) is 30.3 Å². The van der Waals surface area contributed by atoms with Crippen molar-refractivity contribution in [3.63, 3.8) is 0 Å². The molecule has 1 amide bonds. The van der Waals surface area contributed by atoms with Crippen LogP contribution in [0.5, 0.6) is 5.75 Å². The summed E-state index contributed by atoms with van der Waals surface area (Å²) >= 11 is 0. The minimum atomic E-state index is -0.433. The fourth-order valence-electron chi connectivity index (χ4n) is 4.51. The lowest BCUT2D eigenvalue weighted by Crippen LogP contribution is -2.39. The van der Waals surface area contributed by atoms with E-state index in [0.29, 0.717) is 30.2 Å². The Balaban J connectivity index is 1.46. The molecule has 6 heteroatoms. The molecular weight excluding hydrogens is 356 g/mol. The highest BCUT2D eigenvalue weighted by atomic mass is 16.6. The number of hydrogen-bond acceptors (Lipinski definition) is 5. The van der Waals surface area contributed by atoms with Gasteiger partial charge < -0.3 is 20.1 Å². The number of carbonyl (C=O) groups excluding carboxylic acids is 2. The molecule has 2 bridgehead atoms. The van der Waals surface area contributed by atoms with E-state index >= 15 is 0 Å². The Kier molecular flexibility index (Phi) is 5.48. The van der Waals surface area contributed by atoms with Gasteiger partial charge in [0.2, 0.25) is 5.91 Å². The zero-order valence-corrected chi connectivity index (χ0v) is 16.1. The smallest absolute Gasteiger partial charge is 0.343 e. The van der Waals surface area contributed by atoms with E-state index in [-0.39, 0.29) is 12.5 Å². The Morgan fingerprint density at radius 2 is 1.79 bits per heavy atom. The minimum Gasteiger partial charge on any atom is -0.481 e. The molecule has 6 nitrogen and oxygen atoms in total. The number of rotatable bonds is 6. The first kappa shape index (κ1) is 18.7. The fourth-order valence-corrected chi connectivity index (χ4v) is 4.51. The van der Waals surface area contributed by atoms with Gasteiger partial charge in [0.25, 0.3) is 0 Å². The third-order valence-electron chi connectivity index (χ3n) is 5.78. The van der Waals surface area contributed by atoms with Crippen molar-refractivity contribution in [2.24, 2.45) is 5.92 Å². The van der Waals surface area contributed by atoms with Crippen LogP contribution in [0.1, 0.15) is 32.1 Å². The van der Waals surface area contributed by atoms with Gasteiger partial charge in [0.15, 0.2) is 6.61 Å². The lowest BCUT2D eigenvalue weighted by atomic mass is 9.89. The third-order valence-corrected chi connectivity index (χ3v) is 5.78. The average molecular weight is 382 g/mol. The summed E-state index contributed by atoms with van der Waals surface area (Å²) in [5.74, 6) is 0.665. The van der Waals surface area contributed by atoms with Gasteiger partial charge in [-0.2, -0.15) is 0 Å². The maximum absolute atomic E-state index is 12.7. The fraction of sp³-hybridized carbons (Fsp3) is 0.455. The van der Waals surface area contributed by atoms with E-state index in [1.54, 1.807) is 6.07 Å². The van der Waals surface area contributed by atoms with Gasteiger partial charge in [0.1, 0.15) is 5.75 Å². The van der Waals surface area contributed by atoms with Crippen LogP contribution >= 0.6 is 0 Å². The predicted octanol–water partition coefficient (Wildman–Crippen LogP) is 3.25. The monoisotopic (exact) mass is 382 g/mol. The second-order valence-electron chi connectivity index (χ2n) is 7.75. The molecule has 2 heterocycles. The first-order valence-electron chi connectivity index (χ1n) is 9.89. The Bertz CT molecular complexity index is 870. The number of piperidine rings is 1. The summed E-state index contributed by atoms with van der Waals surface area (Å²) in [6.07, 6.45) is 5.21. The van der Waals surface area contributed by atoms with E-state index in [0.717, 1.165) is 29.3 Å². The van der Waals surface area contributed by atoms with E-state index in [4.69, 9.17) is 4.74 Å². The molecule has 148 valence electrons. The summed E-state index contributed by atoms with van der Waals surface area (Å²) in [4.78, 5) is 24.0. The van der Waals surface area contributed by atoms with Crippen molar-refractivity contribution in [3.8, 4) is 5.75 Å². The van der Waals surface area contributed by atoms with E-state index < -0.39 is 5.97 Å². The number of methoxy groups -OCH3 is 1. The normalized spacial score (nSPS) is 23.4. The highest BCUT2D eigenvalue weighted by Crippen LogP contribution is 2.34. The topological polar surface area (TPSA) is 76.7 Å². The average Bonchev–Trinajstić information content (AvgIpc) is 3.05. The molecule has 0 aliphatic carbocycles. The van der Waals surface area contributed by atoms with Gasteiger partial charge in [0.05, 0.1) is 7.11 Å². The van der Waals surface area contributed by atoms with Crippen molar-refractivity contribution in [2.45, 2.75) is 44.2 Å². The van der Waals surface area contributed by atoms with Crippen LogP contribution in [0.4, 0.5) is 5.69 Å². The number of nitrogens with one attached hydrogen (secondary N) is 2. The number of fused-ring (bicyclic) bond motifs is 3. The number of amides is 1. The SMILES string of the molecule is COC(=O)COc1ccc(NC(=O)CC2CC3CCC(C2)N3)c2ccccc12. The van der Waals surface area contributed by atoms with Crippen LogP contribution in [0, 0.1) is 5.92 Å². The standard InChI is InChI=1S/C22H26N2O4/c1-27-22(26)13-28-20-9-8-19(17-4-2-3-5-18(17)20)24-21(25)12-14-10-15-6-7-16(11-14)23-15/h2-5,8-9,14-16,23H,6-7,10-13H2,1H3,(H,24,25). The molecule has 0 saturated carbocycles. The number of benzene rings is 2. The van der Waals surface area contributed by atoms with Crippen molar-refractivity contribution in [1.29, 1.82) is 0 Å². The Morgan fingerprint density at radius 1 is 1.07 bits per heavy atom. The van der Waals surface area contributed by atoms with Gasteiger partial charge in [-0.15, -0.1) is 0 Å². The van der Waals surface area contributed by atoms with Gasteiger partial charge >= 0.3 is 5.97 Å². The summed E-state index contributed by atoms with van der Waals surface area (Å²) in [7, 11) is 1.33. The number of ether oxygens (including phenoxy) is 2.